The maximum Gasteiger partial charge on any atom is 0.106 e. The summed E-state index contributed by atoms with van der Waals surface area (Å²) in [4.78, 5) is 0. The minimum atomic E-state index is -0.354. The van der Waals surface area contributed by atoms with Gasteiger partial charge in [0, 0.05) is 13.2 Å². The third-order valence-electron chi connectivity index (χ3n) is 3.08. The summed E-state index contributed by atoms with van der Waals surface area (Å²) < 4.78 is 5.53. The highest BCUT2D eigenvalue weighted by atomic mass is 16.5. The third kappa shape index (κ3) is 6.09. The van der Waals surface area contributed by atoms with Gasteiger partial charge in [0.05, 0.1) is 6.07 Å². The molecule has 3 nitrogen and oxygen atoms in total. The summed E-state index contributed by atoms with van der Waals surface area (Å²) in [5.74, 6) is 0. The van der Waals surface area contributed by atoms with Crippen LogP contribution in [0.4, 0.5) is 0 Å². The normalized spacial score (nSPS) is 14.4. The molecule has 0 rings (SSSR count). The van der Waals surface area contributed by atoms with Gasteiger partial charge in [0.2, 0.25) is 0 Å². The van der Waals surface area contributed by atoms with Crippen molar-refractivity contribution in [3.05, 3.63) is 0 Å². The van der Waals surface area contributed by atoms with Crippen LogP contribution in [-0.4, -0.2) is 25.8 Å². The zero-order chi connectivity index (χ0) is 12.3. The molecule has 0 bridgehead atoms. The van der Waals surface area contributed by atoms with Gasteiger partial charge in [-0.25, -0.2) is 0 Å². The molecule has 0 aliphatic heterocycles. The van der Waals surface area contributed by atoms with E-state index in [9.17, 15) is 0 Å². The Morgan fingerprint density at radius 1 is 1.19 bits per heavy atom. The number of nitrogens with zero attached hydrogens (tertiary/aromatic N) is 1. The van der Waals surface area contributed by atoms with E-state index < -0.39 is 0 Å². The van der Waals surface area contributed by atoms with Gasteiger partial charge in [-0.05, 0) is 32.7 Å². The second kappa shape index (κ2) is 9.62. The Hall–Kier alpha value is -0.590. The number of ether oxygens (including phenoxy) is 1. The summed E-state index contributed by atoms with van der Waals surface area (Å²) in [6.45, 7) is 5.87. The molecule has 1 N–H and O–H groups in total. The van der Waals surface area contributed by atoms with E-state index in [4.69, 9.17) is 10.00 Å². The topological polar surface area (TPSA) is 45.0 Å². The van der Waals surface area contributed by atoms with Gasteiger partial charge in [-0.3, -0.25) is 0 Å². The van der Waals surface area contributed by atoms with Gasteiger partial charge < -0.3 is 10.1 Å². The Morgan fingerprint density at radius 2 is 1.88 bits per heavy atom. The lowest BCUT2D eigenvalue weighted by Gasteiger charge is -2.24. The first-order valence-electron chi connectivity index (χ1n) is 6.42. The SMILES string of the molecule is CCCCCOCCCC(C#N)(CC)NC. The van der Waals surface area contributed by atoms with Gasteiger partial charge in [0.25, 0.3) is 0 Å². The van der Waals surface area contributed by atoms with E-state index in [1.54, 1.807) is 0 Å². The van der Waals surface area contributed by atoms with Crippen LogP contribution >= 0.6 is 0 Å². The molecule has 1 unspecified atom stereocenters. The molecule has 0 aromatic rings. The van der Waals surface area contributed by atoms with Gasteiger partial charge in [-0.15, -0.1) is 0 Å². The molecule has 0 aromatic heterocycles. The minimum absolute atomic E-state index is 0.354. The number of hydrogen-bond acceptors (Lipinski definition) is 3. The Morgan fingerprint density at radius 3 is 2.38 bits per heavy atom. The van der Waals surface area contributed by atoms with E-state index in [0.717, 1.165) is 38.9 Å². The number of rotatable bonds is 10. The number of unbranched alkanes of at least 4 members (excludes halogenated alkanes) is 2. The molecule has 0 fully saturated rings. The molecule has 0 aliphatic carbocycles. The van der Waals surface area contributed by atoms with Crippen LogP contribution in [0.1, 0.15) is 52.4 Å². The maximum atomic E-state index is 9.10. The molecule has 0 aromatic carbocycles. The van der Waals surface area contributed by atoms with Crippen molar-refractivity contribution in [2.75, 3.05) is 20.3 Å². The molecule has 0 spiro atoms. The summed E-state index contributed by atoms with van der Waals surface area (Å²) in [6, 6.07) is 2.36. The molecule has 0 radical (unpaired) electrons. The fourth-order valence-electron chi connectivity index (χ4n) is 1.70. The highest BCUT2D eigenvalue weighted by Gasteiger charge is 2.24. The predicted molar refractivity (Wildman–Crippen MR) is 67.3 cm³/mol. The van der Waals surface area contributed by atoms with Crippen molar-refractivity contribution in [1.29, 1.82) is 5.26 Å². The Balaban J connectivity index is 3.53. The highest BCUT2D eigenvalue weighted by Crippen LogP contribution is 2.15. The first-order valence-corrected chi connectivity index (χ1v) is 6.42. The molecule has 1 atom stereocenters. The zero-order valence-electron chi connectivity index (χ0n) is 11.0. The molecular formula is C13H26N2O. The van der Waals surface area contributed by atoms with E-state index in [-0.39, 0.29) is 5.54 Å². The molecule has 0 saturated heterocycles. The first-order chi connectivity index (χ1) is 7.74. The summed E-state index contributed by atoms with van der Waals surface area (Å²) in [6.07, 6.45) is 6.29. The zero-order valence-corrected chi connectivity index (χ0v) is 11.0. The van der Waals surface area contributed by atoms with Crippen molar-refractivity contribution in [2.45, 2.75) is 57.9 Å². The van der Waals surface area contributed by atoms with Crippen LogP contribution < -0.4 is 5.32 Å². The van der Waals surface area contributed by atoms with Gasteiger partial charge in [0.15, 0.2) is 0 Å². The molecule has 16 heavy (non-hydrogen) atoms. The highest BCUT2D eigenvalue weighted by molar-refractivity contribution is 5.05. The minimum Gasteiger partial charge on any atom is -0.381 e. The lowest BCUT2D eigenvalue weighted by Crippen LogP contribution is -2.40. The third-order valence-corrected chi connectivity index (χ3v) is 3.08. The van der Waals surface area contributed by atoms with Crippen molar-refractivity contribution < 1.29 is 4.74 Å². The average molecular weight is 226 g/mol. The van der Waals surface area contributed by atoms with E-state index in [1.165, 1.54) is 12.8 Å². The van der Waals surface area contributed by atoms with Crippen molar-refractivity contribution in [1.82, 2.24) is 5.32 Å². The van der Waals surface area contributed by atoms with E-state index in [2.05, 4.69) is 18.3 Å². The van der Waals surface area contributed by atoms with Crippen molar-refractivity contribution in [2.24, 2.45) is 0 Å². The summed E-state index contributed by atoms with van der Waals surface area (Å²) in [5.41, 5.74) is -0.354. The van der Waals surface area contributed by atoms with Crippen molar-refractivity contribution in [3.8, 4) is 6.07 Å². The van der Waals surface area contributed by atoms with Crippen molar-refractivity contribution in [3.63, 3.8) is 0 Å². The largest absolute Gasteiger partial charge is 0.381 e. The predicted octanol–water partition coefficient (Wildman–Crippen LogP) is 2.87. The Bertz CT molecular complexity index is 195. The molecule has 0 heterocycles. The molecule has 94 valence electrons. The summed E-state index contributed by atoms with van der Waals surface area (Å²) in [7, 11) is 1.86. The molecule has 3 heteroatoms. The van der Waals surface area contributed by atoms with Crippen LogP contribution in [0.5, 0.6) is 0 Å². The Kier molecular flexibility index (Phi) is 9.27. The second-order valence-corrected chi connectivity index (χ2v) is 4.22. The van der Waals surface area contributed by atoms with Gasteiger partial charge in [-0.1, -0.05) is 26.7 Å². The maximum absolute atomic E-state index is 9.10. The fourth-order valence-corrected chi connectivity index (χ4v) is 1.70. The number of nitriles is 1. The quantitative estimate of drug-likeness (QED) is 0.583. The van der Waals surface area contributed by atoms with E-state index >= 15 is 0 Å². The smallest absolute Gasteiger partial charge is 0.106 e. The summed E-state index contributed by atoms with van der Waals surface area (Å²) in [5, 5.41) is 12.2. The monoisotopic (exact) mass is 226 g/mol. The molecule has 0 aliphatic rings. The van der Waals surface area contributed by atoms with Gasteiger partial charge in [0.1, 0.15) is 5.54 Å². The molecule has 0 amide bonds. The van der Waals surface area contributed by atoms with Gasteiger partial charge in [-0.2, -0.15) is 5.26 Å². The van der Waals surface area contributed by atoms with Gasteiger partial charge >= 0.3 is 0 Å². The first kappa shape index (κ1) is 15.4. The van der Waals surface area contributed by atoms with Crippen LogP contribution in [0, 0.1) is 11.3 Å². The summed E-state index contributed by atoms with van der Waals surface area (Å²) >= 11 is 0. The average Bonchev–Trinajstić information content (AvgIpc) is 2.34. The van der Waals surface area contributed by atoms with Crippen LogP contribution in [0.2, 0.25) is 0 Å². The van der Waals surface area contributed by atoms with Crippen molar-refractivity contribution >= 4 is 0 Å². The van der Waals surface area contributed by atoms with Crippen LogP contribution in [0.3, 0.4) is 0 Å². The van der Waals surface area contributed by atoms with E-state index in [1.807, 2.05) is 14.0 Å². The number of nitrogens with one attached hydrogen (secondary N) is 1. The van der Waals surface area contributed by atoms with Crippen LogP contribution in [0.25, 0.3) is 0 Å². The number of hydrogen-bond donors (Lipinski definition) is 1. The lowest BCUT2D eigenvalue weighted by atomic mass is 9.92. The van der Waals surface area contributed by atoms with Crippen LogP contribution in [-0.2, 0) is 4.74 Å². The Labute approximate surface area is 100 Å². The fraction of sp³-hybridized carbons (Fsp3) is 0.923. The molecule has 0 saturated carbocycles. The van der Waals surface area contributed by atoms with Crippen LogP contribution in [0.15, 0.2) is 0 Å². The van der Waals surface area contributed by atoms with E-state index in [0.29, 0.717) is 0 Å². The molecular weight excluding hydrogens is 200 g/mol. The standard InChI is InChI=1S/C13H26N2O/c1-4-6-7-10-16-11-8-9-13(5-2,12-14)15-3/h15H,4-11H2,1-3H3. The second-order valence-electron chi connectivity index (χ2n) is 4.22. The lowest BCUT2D eigenvalue weighted by molar-refractivity contribution is 0.122.